The smallest absolute Gasteiger partial charge is 0.0545 e. The van der Waals surface area contributed by atoms with Crippen LogP contribution in [-0.2, 0) is 0 Å². The molecule has 1 fully saturated rings. The predicted octanol–water partition coefficient (Wildman–Crippen LogP) is 2.82. The topological polar surface area (TPSA) is 28.2 Å². The molecule has 6 heteroatoms. The van der Waals surface area contributed by atoms with Crippen molar-refractivity contribution in [2.75, 3.05) is 26.2 Å². The Morgan fingerprint density at radius 1 is 1.33 bits per heavy atom. The van der Waals surface area contributed by atoms with Gasteiger partial charge in [-0.3, -0.25) is 9.88 Å². The van der Waals surface area contributed by atoms with Crippen LogP contribution in [0.15, 0.2) is 35.6 Å². The van der Waals surface area contributed by atoms with Crippen molar-refractivity contribution < 1.29 is 0 Å². The molecule has 2 rings (SSSR count). The van der Waals surface area contributed by atoms with Gasteiger partial charge in [-0.15, -0.1) is 31.4 Å². The van der Waals surface area contributed by atoms with Gasteiger partial charge in [0.25, 0.3) is 0 Å². The third-order valence-corrected chi connectivity index (χ3v) is 3.27. The molecule has 1 N–H and O–H groups in total. The monoisotopic (exact) mass is 353 g/mol. The number of nitrogens with one attached hydrogen (secondary N) is 1. The van der Waals surface area contributed by atoms with Crippen molar-refractivity contribution in [3.05, 3.63) is 41.2 Å². The van der Waals surface area contributed by atoms with Crippen LogP contribution >= 0.6 is 40.7 Å². The van der Waals surface area contributed by atoms with Crippen LogP contribution < -0.4 is 5.32 Å². The fourth-order valence-corrected chi connectivity index (χ4v) is 2.43. The van der Waals surface area contributed by atoms with Crippen molar-refractivity contribution in [3.8, 4) is 0 Å². The van der Waals surface area contributed by atoms with Crippen molar-refractivity contribution in [1.29, 1.82) is 0 Å². The summed E-state index contributed by atoms with van der Waals surface area (Å²) >= 11 is 3.46. The van der Waals surface area contributed by atoms with Crippen LogP contribution in [0.4, 0.5) is 0 Å². The number of hydrogen-bond donors (Lipinski definition) is 1. The normalized spacial score (nSPS) is 17.2. The van der Waals surface area contributed by atoms with Crippen LogP contribution in [0.2, 0.25) is 0 Å². The molecule has 0 saturated carbocycles. The number of pyridine rings is 1. The summed E-state index contributed by atoms with van der Waals surface area (Å²) in [6.07, 6.45) is 5.72. The molecule has 0 bridgehead atoms. The second-order valence-electron chi connectivity index (χ2n) is 3.90. The fraction of sp³-hybridized carbons (Fsp3) is 0.417. The maximum Gasteiger partial charge on any atom is 0.0545 e. The molecule has 1 atom stereocenters. The minimum absolute atomic E-state index is 0. The van der Waals surface area contributed by atoms with Gasteiger partial charge in [0, 0.05) is 43.0 Å². The Bertz CT molecular complexity index is 370. The highest BCUT2D eigenvalue weighted by molar-refractivity contribution is 9.10. The van der Waals surface area contributed by atoms with Gasteiger partial charge in [-0.2, -0.15) is 0 Å². The van der Waals surface area contributed by atoms with Crippen molar-refractivity contribution >= 4 is 40.7 Å². The van der Waals surface area contributed by atoms with E-state index < -0.39 is 0 Å². The minimum atomic E-state index is 0. The molecule has 102 valence electrons. The van der Waals surface area contributed by atoms with Crippen molar-refractivity contribution in [1.82, 2.24) is 15.2 Å². The van der Waals surface area contributed by atoms with E-state index in [1.807, 2.05) is 12.3 Å². The number of piperazine rings is 1. The molecule has 0 aromatic carbocycles. The quantitative estimate of drug-likeness (QED) is 0.846. The summed E-state index contributed by atoms with van der Waals surface area (Å²) in [6, 6.07) is 2.38. The molecule has 0 amide bonds. The summed E-state index contributed by atoms with van der Waals surface area (Å²) in [5.74, 6) is 0. The number of nitrogens with zero attached hydrogens (tertiary/aromatic N) is 2. The van der Waals surface area contributed by atoms with E-state index in [1.54, 1.807) is 6.20 Å². The van der Waals surface area contributed by atoms with Crippen LogP contribution in [0.1, 0.15) is 11.6 Å². The van der Waals surface area contributed by atoms with E-state index in [0.29, 0.717) is 0 Å². The van der Waals surface area contributed by atoms with Gasteiger partial charge >= 0.3 is 0 Å². The van der Waals surface area contributed by atoms with Crippen molar-refractivity contribution in [3.63, 3.8) is 0 Å². The average molecular weight is 355 g/mol. The van der Waals surface area contributed by atoms with Gasteiger partial charge < -0.3 is 5.32 Å². The molecule has 1 aliphatic rings. The van der Waals surface area contributed by atoms with Gasteiger partial charge in [0.1, 0.15) is 0 Å². The molecule has 0 radical (unpaired) electrons. The highest BCUT2D eigenvalue weighted by Crippen LogP contribution is 2.23. The summed E-state index contributed by atoms with van der Waals surface area (Å²) in [5, 5.41) is 3.36. The Kier molecular flexibility index (Phi) is 8.82. The Morgan fingerprint density at radius 3 is 2.56 bits per heavy atom. The second-order valence-corrected chi connectivity index (χ2v) is 4.82. The van der Waals surface area contributed by atoms with Crippen LogP contribution in [-0.4, -0.2) is 36.1 Å². The first-order valence-corrected chi connectivity index (χ1v) is 6.28. The molecule has 1 aromatic rings. The van der Waals surface area contributed by atoms with Crippen molar-refractivity contribution in [2.45, 2.75) is 6.04 Å². The molecule has 0 unspecified atom stereocenters. The molecule has 2 heterocycles. The van der Waals surface area contributed by atoms with Crippen LogP contribution in [0, 0.1) is 0 Å². The van der Waals surface area contributed by atoms with Gasteiger partial charge in [0.15, 0.2) is 0 Å². The molecule has 1 aromatic heterocycles. The number of rotatable bonds is 3. The fourth-order valence-electron chi connectivity index (χ4n) is 2.05. The Labute approximate surface area is 129 Å². The Morgan fingerprint density at radius 2 is 2.00 bits per heavy atom. The van der Waals surface area contributed by atoms with Crippen molar-refractivity contribution in [2.24, 2.45) is 0 Å². The standard InChI is InChI=1S/C12H16BrN3.2ClH/c1-2-12(16-5-3-14-4-6-16)10-7-11(13)9-15-8-10;;/h2,7-9,12,14H,1,3-6H2;2*1H/t12-;;/m0../s1. The van der Waals surface area contributed by atoms with E-state index in [4.69, 9.17) is 0 Å². The minimum Gasteiger partial charge on any atom is -0.314 e. The largest absolute Gasteiger partial charge is 0.314 e. The van der Waals surface area contributed by atoms with E-state index in [-0.39, 0.29) is 30.9 Å². The van der Waals surface area contributed by atoms with E-state index in [1.165, 1.54) is 5.56 Å². The lowest BCUT2D eigenvalue weighted by atomic mass is 10.1. The maximum absolute atomic E-state index is 4.21. The zero-order chi connectivity index (χ0) is 11.4. The highest BCUT2D eigenvalue weighted by Gasteiger charge is 2.19. The zero-order valence-electron chi connectivity index (χ0n) is 10.0. The first kappa shape index (κ1) is 17.9. The number of hydrogen-bond acceptors (Lipinski definition) is 3. The molecule has 0 aliphatic carbocycles. The lowest BCUT2D eigenvalue weighted by molar-refractivity contribution is 0.203. The lowest BCUT2D eigenvalue weighted by Crippen LogP contribution is -2.44. The van der Waals surface area contributed by atoms with Gasteiger partial charge in [-0.1, -0.05) is 6.08 Å². The first-order chi connectivity index (χ1) is 7.81. The van der Waals surface area contributed by atoms with E-state index in [9.17, 15) is 0 Å². The lowest BCUT2D eigenvalue weighted by Gasteiger charge is -2.33. The average Bonchev–Trinajstić information content (AvgIpc) is 2.31. The molecule has 18 heavy (non-hydrogen) atoms. The zero-order valence-corrected chi connectivity index (χ0v) is 13.2. The summed E-state index contributed by atoms with van der Waals surface area (Å²) in [7, 11) is 0. The first-order valence-electron chi connectivity index (χ1n) is 5.49. The SMILES string of the molecule is C=C[C@@H](c1cncc(Br)c1)N1CCNCC1.Cl.Cl. The highest BCUT2D eigenvalue weighted by atomic mass is 79.9. The molecule has 3 nitrogen and oxygen atoms in total. The molecule has 1 aliphatic heterocycles. The Balaban J connectivity index is 0.00000144. The van der Waals surface area contributed by atoms with Gasteiger partial charge in [0.2, 0.25) is 0 Å². The molecular weight excluding hydrogens is 337 g/mol. The van der Waals surface area contributed by atoms with E-state index >= 15 is 0 Å². The summed E-state index contributed by atoms with van der Waals surface area (Å²) in [6.45, 7) is 8.15. The number of halogens is 3. The van der Waals surface area contributed by atoms with Gasteiger partial charge in [0.05, 0.1) is 6.04 Å². The summed E-state index contributed by atoms with van der Waals surface area (Å²) in [5.41, 5.74) is 1.20. The molecule has 0 spiro atoms. The Hall–Kier alpha value is -0.130. The second kappa shape index (κ2) is 8.88. The predicted molar refractivity (Wildman–Crippen MR) is 83.8 cm³/mol. The third-order valence-electron chi connectivity index (χ3n) is 2.84. The summed E-state index contributed by atoms with van der Waals surface area (Å²) in [4.78, 5) is 6.63. The van der Waals surface area contributed by atoms with Crippen LogP contribution in [0.3, 0.4) is 0 Å². The van der Waals surface area contributed by atoms with Gasteiger partial charge in [-0.25, -0.2) is 0 Å². The third kappa shape index (κ3) is 4.52. The number of aromatic nitrogens is 1. The molecule has 1 saturated heterocycles. The van der Waals surface area contributed by atoms with E-state index in [0.717, 1.165) is 30.7 Å². The van der Waals surface area contributed by atoms with E-state index in [2.05, 4.69) is 43.8 Å². The van der Waals surface area contributed by atoms with Crippen LogP contribution in [0.25, 0.3) is 0 Å². The summed E-state index contributed by atoms with van der Waals surface area (Å²) < 4.78 is 1.02. The van der Waals surface area contributed by atoms with Gasteiger partial charge in [-0.05, 0) is 27.6 Å². The maximum atomic E-state index is 4.21. The molecular formula is C12H18BrCl2N3. The van der Waals surface area contributed by atoms with Crippen LogP contribution in [0.5, 0.6) is 0 Å².